The summed E-state index contributed by atoms with van der Waals surface area (Å²) in [5, 5.41) is 7.71. The Morgan fingerprint density at radius 2 is 1.69 bits per heavy atom. The molecule has 3 N–H and O–H groups in total. The molecule has 13 heteroatoms. The fourth-order valence-corrected chi connectivity index (χ4v) is 4.30. The van der Waals surface area contributed by atoms with Crippen LogP contribution in [-0.2, 0) is 14.4 Å². The Labute approximate surface area is 248 Å². The molecular weight excluding hydrogens is 615 g/mol. The highest BCUT2D eigenvalue weighted by molar-refractivity contribution is 9.10. The SMILES string of the molecule is CCOc1cc(/C=C2/NC(=O)N(CC(=O)Nc3ccccc3OC)C2=O)c(Br)cc1OCC(=O)Nc1ccc(F)cc1. The topological polar surface area (TPSA) is 135 Å². The Kier molecular flexibility index (Phi) is 9.76. The highest BCUT2D eigenvalue weighted by atomic mass is 79.9. The van der Waals surface area contributed by atoms with Crippen molar-refractivity contribution in [3.05, 3.63) is 82.2 Å². The van der Waals surface area contributed by atoms with Gasteiger partial charge in [-0.15, -0.1) is 0 Å². The first-order chi connectivity index (χ1) is 20.2. The summed E-state index contributed by atoms with van der Waals surface area (Å²) in [4.78, 5) is 51.2. The summed E-state index contributed by atoms with van der Waals surface area (Å²) in [5.74, 6) is -1.22. The van der Waals surface area contributed by atoms with Crippen molar-refractivity contribution >= 4 is 57.1 Å². The molecule has 0 unspecified atom stereocenters. The number of benzene rings is 3. The molecule has 1 heterocycles. The van der Waals surface area contributed by atoms with Crippen LogP contribution in [0.1, 0.15) is 12.5 Å². The lowest BCUT2D eigenvalue weighted by Gasteiger charge is -2.14. The smallest absolute Gasteiger partial charge is 0.329 e. The zero-order chi connectivity index (χ0) is 30.2. The molecule has 0 atom stereocenters. The Morgan fingerprint density at radius 1 is 0.976 bits per heavy atom. The van der Waals surface area contributed by atoms with E-state index in [-0.39, 0.29) is 30.4 Å². The summed E-state index contributed by atoms with van der Waals surface area (Å²) in [5.41, 5.74) is 1.22. The number of urea groups is 1. The van der Waals surface area contributed by atoms with Crippen molar-refractivity contribution in [3.8, 4) is 17.2 Å². The molecule has 218 valence electrons. The van der Waals surface area contributed by atoms with E-state index < -0.39 is 36.1 Å². The minimum atomic E-state index is -0.755. The molecule has 0 aliphatic carbocycles. The van der Waals surface area contributed by atoms with Gasteiger partial charge in [0.05, 0.1) is 19.4 Å². The van der Waals surface area contributed by atoms with Gasteiger partial charge in [-0.05, 0) is 67.1 Å². The van der Waals surface area contributed by atoms with Gasteiger partial charge < -0.3 is 30.2 Å². The Morgan fingerprint density at radius 3 is 2.40 bits per heavy atom. The molecule has 0 aromatic heterocycles. The lowest BCUT2D eigenvalue weighted by molar-refractivity contribution is -0.127. The molecule has 3 aromatic rings. The minimum absolute atomic E-state index is 0.0550. The molecule has 42 heavy (non-hydrogen) atoms. The number of hydrogen-bond donors (Lipinski definition) is 3. The van der Waals surface area contributed by atoms with Crippen molar-refractivity contribution in [2.75, 3.05) is 37.5 Å². The normalized spacial score (nSPS) is 13.5. The molecule has 1 aliphatic rings. The predicted octanol–water partition coefficient (Wildman–Crippen LogP) is 4.54. The maximum absolute atomic E-state index is 13.1. The lowest BCUT2D eigenvalue weighted by atomic mass is 10.1. The average molecular weight is 641 g/mol. The van der Waals surface area contributed by atoms with Crippen LogP contribution in [0.4, 0.5) is 20.6 Å². The molecule has 3 aromatic carbocycles. The van der Waals surface area contributed by atoms with E-state index >= 15 is 0 Å². The fourth-order valence-electron chi connectivity index (χ4n) is 3.87. The summed E-state index contributed by atoms with van der Waals surface area (Å²) < 4.78 is 30.1. The molecule has 0 saturated carbocycles. The van der Waals surface area contributed by atoms with Crippen LogP contribution in [0.2, 0.25) is 0 Å². The Hall–Kier alpha value is -4.91. The number of para-hydroxylation sites is 2. The van der Waals surface area contributed by atoms with Crippen LogP contribution in [0.5, 0.6) is 17.2 Å². The highest BCUT2D eigenvalue weighted by Gasteiger charge is 2.35. The summed E-state index contributed by atoms with van der Waals surface area (Å²) in [7, 11) is 1.46. The quantitative estimate of drug-likeness (QED) is 0.207. The van der Waals surface area contributed by atoms with E-state index in [4.69, 9.17) is 14.2 Å². The molecule has 11 nitrogen and oxygen atoms in total. The maximum atomic E-state index is 13.1. The first-order valence-corrected chi connectivity index (χ1v) is 13.4. The number of amides is 5. The molecule has 5 amide bonds. The van der Waals surface area contributed by atoms with Crippen LogP contribution >= 0.6 is 15.9 Å². The van der Waals surface area contributed by atoms with Crippen molar-refractivity contribution in [1.82, 2.24) is 10.2 Å². The molecule has 0 radical (unpaired) electrons. The van der Waals surface area contributed by atoms with Crippen molar-refractivity contribution in [2.45, 2.75) is 6.92 Å². The molecule has 4 rings (SSSR count). The fraction of sp³-hybridized carbons (Fsp3) is 0.172. The number of nitrogens with one attached hydrogen (secondary N) is 3. The molecule has 0 bridgehead atoms. The summed E-state index contributed by atoms with van der Waals surface area (Å²) in [6, 6.07) is 14.4. The van der Waals surface area contributed by atoms with Gasteiger partial charge in [0, 0.05) is 10.2 Å². The van der Waals surface area contributed by atoms with Crippen LogP contribution in [0.25, 0.3) is 6.08 Å². The van der Waals surface area contributed by atoms with E-state index in [0.29, 0.717) is 27.2 Å². The van der Waals surface area contributed by atoms with Gasteiger partial charge in [-0.3, -0.25) is 14.4 Å². The number of halogens is 2. The third-order valence-corrected chi connectivity index (χ3v) is 6.48. The number of hydrogen-bond acceptors (Lipinski definition) is 7. The number of carbonyl (C=O) groups excluding carboxylic acids is 4. The van der Waals surface area contributed by atoms with Gasteiger partial charge in [0.2, 0.25) is 5.91 Å². The van der Waals surface area contributed by atoms with Gasteiger partial charge in [-0.1, -0.05) is 28.1 Å². The molecule has 1 saturated heterocycles. The number of ether oxygens (including phenoxy) is 3. The van der Waals surface area contributed by atoms with E-state index in [1.54, 1.807) is 43.3 Å². The standard InChI is InChI=1S/C29H26BrFN4O7/c1-3-41-24-13-17(20(30)14-25(24)42-16-27(37)32-19-10-8-18(31)9-11-19)12-22-28(38)35(29(39)34-22)15-26(36)33-21-6-4-5-7-23(21)40-2/h4-14H,3,15-16H2,1-2H3,(H,32,37)(H,33,36)(H,34,39)/b22-12+. The van der Waals surface area contributed by atoms with E-state index in [1.807, 2.05) is 0 Å². The van der Waals surface area contributed by atoms with Gasteiger partial charge in [0.25, 0.3) is 11.8 Å². The van der Waals surface area contributed by atoms with E-state index in [0.717, 1.165) is 4.90 Å². The Balaban J connectivity index is 1.45. The second-order valence-corrected chi connectivity index (χ2v) is 9.58. The van der Waals surface area contributed by atoms with Gasteiger partial charge >= 0.3 is 6.03 Å². The van der Waals surface area contributed by atoms with Crippen LogP contribution < -0.4 is 30.2 Å². The van der Waals surface area contributed by atoms with Gasteiger partial charge in [0.15, 0.2) is 18.1 Å². The monoisotopic (exact) mass is 640 g/mol. The Bertz CT molecular complexity index is 1550. The largest absolute Gasteiger partial charge is 0.495 e. The first kappa shape index (κ1) is 30.1. The van der Waals surface area contributed by atoms with Crippen LogP contribution in [-0.4, -0.2) is 55.5 Å². The summed E-state index contributed by atoms with van der Waals surface area (Å²) in [6.45, 7) is 1.17. The number of methoxy groups -OCH3 is 1. The van der Waals surface area contributed by atoms with Gasteiger partial charge in [-0.2, -0.15) is 0 Å². The van der Waals surface area contributed by atoms with Gasteiger partial charge in [-0.25, -0.2) is 14.1 Å². The maximum Gasteiger partial charge on any atom is 0.329 e. The number of imide groups is 1. The zero-order valence-corrected chi connectivity index (χ0v) is 24.1. The zero-order valence-electron chi connectivity index (χ0n) is 22.5. The third-order valence-electron chi connectivity index (χ3n) is 5.79. The van der Waals surface area contributed by atoms with Crippen LogP contribution in [0.3, 0.4) is 0 Å². The lowest BCUT2D eigenvalue weighted by Crippen LogP contribution is -2.38. The minimum Gasteiger partial charge on any atom is -0.495 e. The molecular formula is C29H26BrFN4O7. The van der Waals surface area contributed by atoms with Crippen molar-refractivity contribution < 1.29 is 37.8 Å². The second-order valence-electron chi connectivity index (χ2n) is 8.73. The number of nitrogens with zero attached hydrogens (tertiary/aromatic N) is 1. The summed E-state index contributed by atoms with van der Waals surface area (Å²) >= 11 is 3.42. The van der Waals surface area contributed by atoms with E-state index in [9.17, 15) is 23.6 Å². The third kappa shape index (κ3) is 7.43. The number of carbonyl (C=O) groups is 4. The van der Waals surface area contributed by atoms with Crippen molar-refractivity contribution in [2.24, 2.45) is 0 Å². The first-order valence-electron chi connectivity index (χ1n) is 12.6. The van der Waals surface area contributed by atoms with Crippen LogP contribution in [0.15, 0.2) is 70.8 Å². The number of rotatable bonds is 11. The van der Waals surface area contributed by atoms with Crippen molar-refractivity contribution in [3.63, 3.8) is 0 Å². The molecule has 0 spiro atoms. The molecule has 1 fully saturated rings. The highest BCUT2D eigenvalue weighted by Crippen LogP contribution is 2.35. The summed E-state index contributed by atoms with van der Waals surface area (Å²) in [6.07, 6.45) is 1.43. The number of anilines is 2. The van der Waals surface area contributed by atoms with Crippen LogP contribution in [0, 0.1) is 5.82 Å². The average Bonchev–Trinajstić information content (AvgIpc) is 3.22. The van der Waals surface area contributed by atoms with E-state index in [1.165, 1.54) is 37.5 Å². The van der Waals surface area contributed by atoms with Crippen molar-refractivity contribution in [1.29, 1.82) is 0 Å². The predicted molar refractivity (Wildman–Crippen MR) is 156 cm³/mol. The van der Waals surface area contributed by atoms with Gasteiger partial charge in [0.1, 0.15) is 23.8 Å². The van der Waals surface area contributed by atoms with E-state index in [2.05, 4.69) is 31.9 Å². The molecule has 1 aliphatic heterocycles. The second kappa shape index (κ2) is 13.6.